The summed E-state index contributed by atoms with van der Waals surface area (Å²) in [5.74, 6) is -0.328. The van der Waals surface area contributed by atoms with Crippen molar-refractivity contribution in [3.05, 3.63) is 70.9 Å². The number of benzene rings is 1. The lowest BCUT2D eigenvalue weighted by Gasteiger charge is -2.08. The van der Waals surface area contributed by atoms with E-state index in [0.717, 1.165) is 13.0 Å². The fraction of sp³-hybridized carbons (Fsp3) is 0.167. The van der Waals surface area contributed by atoms with Gasteiger partial charge in [-0.2, -0.15) is 0 Å². The number of hydrogen-bond donors (Lipinski definition) is 2. The summed E-state index contributed by atoms with van der Waals surface area (Å²) in [6.45, 7) is 1.37. The van der Waals surface area contributed by atoms with Gasteiger partial charge in [0.25, 0.3) is 11.8 Å². The van der Waals surface area contributed by atoms with Crippen LogP contribution in [0.5, 0.6) is 0 Å². The van der Waals surface area contributed by atoms with Gasteiger partial charge in [-0.25, -0.2) is 4.98 Å². The minimum atomic E-state index is -0.173. The molecule has 2 amide bonds. The van der Waals surface area contributed by atoms with Gasteiger partial charge in [0.2, 0.25) is 0 Å². The van der Waals surface area contributed by atoms with Crippen LogP contribution in [0.4, 0.5) is 5.69 Å². The first-order valence-electron chi connectivity index (χ1n) is 7.91. The molecule has 0 fully saturated rings. The van der Waals surface area contributed by atoms with Crippen LogP contribution >= 0.6 is 11.3 Å². The second kappa shape index (κ2) is 8.25. The zero-order valence-corrected chi connectivity index (χ0v) is 14.3. The Kier molecular flexibility index (Phi) is 5.58. The third-order valence-corrected chi connectivity index (χ3v) is 4.43. The molecular weight excluding hydrogens is 336 g/mol. The van der Waals surface area contributed by atoms with Crippen LogP contribution in [0.3, 0.4) is 0 Å². The van der Waals surface area contributed by atoms with Gasteiger partial charge in [-0.15, -0.1) is 11.3 Å². The Morgan fingerprint density at radius 3 is 2.84 bits per heavy atom. The normalized spacial score (nSPS) is 10.4. The molecule has 0 saturated heterocycles. The monoisotopic (exact) mass is 354 g/mol. The number of carbonyl (C=O) groups is 2. The van der Waals surface area contributed by atoms with Crippen LogP contribution in [0.2, 0.25) is 0 Å². The first-order valence-corrected chi connectivity index (χ1v) is 8.79. The van der Waals surface area contributed by atoms with Crippen molar-refractivity contribution in [2.24, 2.45) is 0 Å². The Balaban J connectivity index is 1.51. The quantitative estimate of drug-likeness (QED) is 0.640. The number of nitrogens with one attached hydrogen (secondary N) is 2. The Morgan fingerprint density at radius 2 is 2.08 bits per heavy atom. The van der Waals surface area contributed by atoms with Gasteiger partial charge in [0.05, 0.1) is 11.2 Å². The van der Waals surface area contributed by atoms with Gasteiger partial charge in [-0.1, -0.05) is 12.1 Å². The fourth-order valence-corrected chi connectivity index (χ4v) is 2.94. The number of imidazole rings is 1. The first kappa shape index (κ1) is 16.9. The van der Waals surface area contributed by atoms with Crippen LogP contribution in [0, 0.1) is 0 Å². The summed E-state index contributed by atoms with van der Waals surface area (Å²) >= 11 is 1.38. The number of carbonyl (C=O) groups excluding carboxylic acids is 2. The molecule has 0 unspecified atom stereocenters. The molecule has 0 bridgehead atoms. The number of aromatic nitrogens is 2. The Bertz CT molecular complexity index is 829. The predicted molar refractivity (Wildman–Crippen MR) is 97.9 cm³/mol. The molecule has 2 heterocycles. The maximum atomic E-state index is 12.2. The van der Waals surface area contributed by atoms with Crippen LogP contribution in [0.15, 0.2) is 60.5 Å². The summed E-state index contributed by atoms with van der Waals surface area (Å²) in [4.78, 5) is 28.9. The highest BCUT2D eigenvalue weighted by atomic mass is 32.1. The van der Waals surface area contributed by atoms with Gasteiger partial charge >= 0.3 is 0 Å². The zero-order chi connectivity index (χ0) is 17.5. The van der Waals surface area contributed by atoms with E-state index in [0.29, 0.717) is 22.7 Å². The van der Waals surface area contributed by atoms with Crippen molar-refractivity contribution >= 4 is 28.8 Å². The lowest BCUT2D eigenvalue weighted by atomic mass is 10.2. The number of nitrogens with zero attached hydrogens (tertiary/aromatic N) is 2. The highest BCUT2D eigenvalue weighted by Gasteiger charge is 2.09. The molecule has 3 aromatic rings. The van der Waals surface area contributed by atoms with Gasteiger partial charge < -0.3 is 15.2 Å². The molecule has 0 saturated carbocycles. The van der Waals surface area contributed by atoms with Crippen molar-refractivity contribution in [2.45, 2.75) is 13.0 Å². The molecule has 3 rings (SSSR count). The van der Waals surface area contributed by atoms with E-state index in [4.69, 9.17) is 0 Å². The van der Waals surface area contributed by atoms with E-state index in [9.17, 15) is 9.59 Å². The van der Waals surface area contributed by atoms with Crippen LogP contribution in [0.25, 0.3) is 0 Å². The van der Waals surface area contributed by atoms with Crippen molar-refractivity contribution in [2.75, 3.05) is 11.9 Å². The maximum Gasteiger partial charge on any atom is 0.265 e. The average Bonchev–Trinajstić information content (AvgIpc) is 3.32. The van der Waals surface area contributed by atoms with E-state index in [1.165, 1.54) is 11.3 Å². The van der Waals surface area contributed by atoms with Crippen LogP contribution in [-0.4, -0.2) is 27.9 Å². The minimum absolute atomic E-state index is 0.155. The summed E-state index contributed by atoms with van der Waals surface area (Å²) in [7, 11) is 0. The predicted octanol–water partition coefficient (Wildman–Crippen LogP) is 3.02. The zero-order valence-electron chi connectivity index (χ0n) is 13.5. The third kappa shape index (κ3) is 4.77. The summed E-state index contributed by atoms with van der Waals surface area (Å²) < 4.78 is 1.97. The molecule has 0 aliphatic rings. The molecule has 7 heteroatoms. The Hall–Kier alpha value is -2.93. The summed E-state index contributed by atoms with van der Waals surface area (Å²) in [5, 5.41) is 7.54. The summed E-state index contributed by atoms with van der Waals surface area (Å²) in [6, 6.07) is 10.5. The lowest BCUT2D eigenvalue weighted by Crippen LogP contribution is -2.25. The largest absolute Gasteiger partial charge is 0.352 e. The number of rotatable bonds is 7. The molecular formula is C18H18N4O2S. The van der Waals surface area contributed by atoms with E-state index in [1.54, 1.807) is 42.9 Å². The first-order chi connectivity index (χ1) is 12.2. The smallest absolute Gasteiger partial charge is 0.265 e. The van der Waals surface area contributed by atoms with Crippen molar-refractivity contribution in [1.29, 1.82) is 0 Å². The lowest BCUT2D eigenvalue weighted by molar-refractivity contribution is 0.0951. The van der Waals surface area contributed by atoms with Crippen molar-refractivity contribution in [1.82, 2.24) is 14.9 Å². The molecule has 25 heavy (non-hydrogen) atoms. The molecule has 128 valence electrons. The SMILES string of the molecule is O=C(NCCCn1ccnc1)c1cccc(NC(=O)c2cccs2)c1. The minimum Gasteiger partial charge on any atom is -0.352 e. The van der Waals surface area contributed by atoms with E-state index in [-0.39, 0.29) is 11.8 Å². The molecule has 0 atom stereocenters. The van der Waals surface area contributed by atoms with E-state index < -0.39 is 0 Å². The topological polar surface area (TPSA) is 76.0 Å². The van der Waals surface area contributed by atoms with Crippen molar-refractivity contribution in [3.8, 4) is 0 Å². The van der Waals surface area contributed by atoms with Crippen LogP contribution in [0.1, 0.15) is 26.5 Å². The van der Waals surface area contributed by atoms with E-state index in [1.807, 2.05) is 22.2 Å². The van der Waals surface area contributed by atoms with Crippen LogP contribution in [-0.2, 0) is 6.54 Å². The number of hydrogen-bond acceptors (Lipinski definition) is 4. The number of amides is 2. The number of thiophene rings is 1. The molecule has 6 nitrogen and oxygen atoms in total. The maximum absolute atomic E-state index is 12.2. The second-order valence-electron chi connectivity index (χ2n) is 5.42. The van der Waals surface area contributed by atoms with Gasteiger partial charge in [0.15, 0.2) is 0 Å². The number of anilines is 1. The molecule has 0 radical (unpaired) electrons. The van der Waals surface area contributed by atoms with E-state index in [2.05, 4.69) is 15.6 Å². The third-order valence-electron chi connectivity index (χ3n) is 3.57. The standard InChI is InChI=1S/C18H18N4O2S/c23-17(20-7-3-9-22-10-8-19-13-22)14-4-1-5-15(12-14)21-18(24)16-6-2-11-25-16/h1-2,4-6,8,10-13H,3,7,9H2,(H,20,23)(H,21,24). The van der Waals surface area contributed by atoms with Crippen LogP contribution < -0.4 is 10.6 Å². The summed E-state index contributed by atoms with van der Waals surface area (Å²) in [6.07, 6.45) is 6.19. The van der Waals surface area contributed by atoms with Gasteiger partial charge in [0.1, 0.15) is 0 Å². The van der Waals surface area contributed by atoms with Gasteiger partial charge in [0, 0.05) is 36.7 Å². The van der Waals surface area contributed by atoms with Gasteiger partial charge in [-0.05, 0) is 36.1 Å². The van der Waals surface area contributed by atoms with E-state index >= 15 is 0 Å². The summed E-state index contributed by atoms with van der Waals surface area (Å²) in [5.41, 5.74) is 1.12. The molecule has 1 aromatic carbocycles. The molecule has 0 aliphatic carbocycles. The number of aryl methyl sites for hydroxylation is 1. The average molecular weight is 354 g/mol. The Morgan fingerprint density at radius 1 is 1.16 bits per heavy atom. The highest BCUT2D eigenvalue weighted by molar-refractivity contribution is 7.12. The van der Waals surface area contributed by atoms with Crippen molar-refractivity contribution < 1.29 is 9.59 Å². The molecule has 0 spiro atoms. The second-order valence-corrected chi connectivity index (χ2v) is 6.37. The highest BCUT2D eigenvalue weighted by Crippen LogP contribution is 2.15. The fourth-order valence-electron chi connectivity index (χ4n) is 2.32. The van der Waals surface area contributed by atoms with Crippen molar-refractivity contribution in [3.63, 3.8) is 0 Å². The molecule has 0 aliphatic heterocycles. The Labute approximate surface area is 149 Å². The van der Waals surface area contributed by atoms with Gasteiger partial charge in [-0.3, -0.25) is 9.59 Å². The molecule has 2 aromatic heterocycles. The molecule has 2 N–H and O–H groups in total.